The Morgan fingerprint density at radius 3 is 2.25 bits per heavy atom. The van der Waals surface area contributed by atoms with Gasteiger partial charge in [0, 0.05) is 16.5 Å². The first-order valence-electron chi connectivity index (χ1n) is 8.28. The van der Waals surface area contributed by atoms with E-state index in [1.807, 2.05) is 11.3 Å². The Kier molecular flexibility index (Phi) is 2.58. The zero-order valence-corrected chi connectivity index (χ0v) is 14.1. The summed E-state index contributed by atoms with van der Waals surface area (Å²) in [4.78, 5) is 6.39. The highest BCUT2D eigenvalue weighted by Crippen LogP contribution is 2.70. The van der Waals surface area contributed by atoms with Crippen molar-refractivity contribution in [3.63, 3.8) is 0 Å². The lowest BCUT2D eigenvalue weighted by molar-refractivity contribution is -0.110. The second-order valence-electron chi connectivity index (χ2n) is 9.13. The van der Waals surface area contributed by atoms with Crippen LogP contribution in [0.3, 0.4) is 0 Å². The van der Waals surface area contributed by atoms with Crippen molar-refractivity contribution in [1.29, 1.82) is 0 Å². The third kappa shape index (κ3) is 1.83. The van der Waals surface area contributed by atoms with E-state index in [1.54, 1.807) is 0 Å². The molecule has 2 unspecified atom stereocenters. The predicted octanol–water partition coefficient (Wildman–Crippen LogP) is 5.51. The fraction of sp³-hybridized carbons (Fsp3) is 0.833. The molecule has 4 saturated carbocycles. The monoisotopic (exact) mass is 289 g/mol. The van der Waals surface area contributed by atoms with Gasteiger partial charge < -0.3 is 0 Å². The molecule has 1 heterocycles. The van der Waals surface area contributed by atoms with Gasteiger partial charge in [-0.1, -0.05) is 27.7 Å². The van der Waals surface area contributed by atoms with E-state index in [2.05, 4.69) is 33.9 Å². The lowest BCUT2D eigenvalue weighted by atomic mass is 9.40. The Balaban J connectivity index is 1.76. The van der Waals surface area contributed by atoms with Gasteiger partial charge in [-0.25, -0.2) is 4.98 Å². The number of nitrogens with zero attached hydrogens (tertiary/aromatic N) is 1. The van der Waals surface area contributed by atoms with Gasteiger partial charge in [-0.05, 0) is 61.2 Å². The van der Waals surface area contributed by atoms with Crippen LogP contribution < -0.4 is 0 Å². The Labute approximate surface area is 127 Å². The summed E-state index contributed by atoms with van der Waals surface area (Å²) in [6.45, 7) is 9.70. The molecule has 2 heteroatoms. The van der Waals surface area contributed by atoms with Crippen molar-refractivity contribution >= 4 is 11.3 Å². The predicted molar refractivity (Wildman–Crippen MR) is 85.3 cm³/mol. The van der Waals surface area contributed by atoms with Gasteiger partial charge in [-0.2, -0.15) is 0 Å². The molecule has 1 nitrogen and oxygen atoms in total. The molecule has 0 saturated heterocycles. The fourth-order valence-corrected chi connectivity index (χ4v) is 7.60. The lowest BCUT2D eigenvalue weighted by Crippen LogP contribution is -2.56. The third-order valence-corrected chi connectivity index (χ3v) is 7.72. The average molecular weight is 289 g/mol. The van der Waals surface area contributed by atoms with Crippen LogP contribution >= 0.6 is 11.3 Å². The van der Waals surface area contributed by atoms with Gasteiger partial charge in [0.2, 0.25) is 0 Å². The first-order chi connectivity index (χ1) is 9.32. The van der Waals surface area contributed by atoms with Crippen LogP contribution in [0, 0.1) is 16.7 Å². The summed E-state index contributed by atoms with van der Waals surface area (Å²) in [5.41, 5.74) is 1.62. The largest absolute Gasteiger partial charge is 0.249 e. The van der Waals surface area contributed by atoms with Gasteiger partial charge in [0.1, 0.15) is 0 Å². The van der Waals surface area contributed by atoms with Gasteiger partial charge in [-0.15, -0.1) is 11.3 Å². The van der Waals surface area contributed by atoms with E-state index >= 15 is 0 Å². The van der Waals surface area contributed by atoms with Crippen molar-refractivity contribution in [2.75, 3.05) is 0 Å². The smallest absolute Gasteiger partial charge is 0.0990 e. The summed E-state index contributed by atoms with van der Waals surface area (Å²) in [5.74, 6) is 1.59. The van der Waals surface area contributed by atoms with Crippen LogP contribution in [0.2, 0.25) is 0 Å². The van der Waals surface area contributed by atoms with Crippen LogP contribution in [0.5, 0.6) is 0 Å². The molecule has 5 rings (SSSR count). The Morgan fingerprint density at radius 2 is 1.75 bits per heavy atom. The molecule has 4 aliphatic carbocycles. The van der Waals surface area contributed by atoms with Crippen LogP contribution in [-0.2, 0) is 5.41 Å². The molecule has 4 bridgehead atoms. The fourth-order valence-electron chi connectivity index (χ4n) is 6.48. The molecular formula is C18H27NS. The van der Waals surface area contributed by atoms with Gasteiger partial charge in [0.25, 0.3) is 0 Å². The number of rotatable bonds is 2. The van der Waals surface area contributed by atoms with Crippen molar-refractivity contribution in [3.05, 3.63) is 16.1 Å². The van der Waals surface area contributed by atoms with Crippen LogP contribution in [-0.4, -0.2) is 4.98 Å². The van der Waals surface area contributed by atoms with E-state index in [-0.39, 0.29) is 0 Å². The van der Waals surface area contributed by atoms with Gasteiger partial charge in [0.15, 0.2) is 0 Å². The number of hydrogen-bond donors (Lipinski definition) is 0. The number of aromatic nitrogens is 1. The first kappa shape index (κ1) is 13.3. The summed E-state index contributed by atoms with van der Waals surface area (Å²) in [6.07, 6.45) is 10.8. The van der Waals surface area contributed by atoms with Crippen LogP contribution in [0.4, 0.5) is 0 Å². The average Bonchev–Trinajstić information content (AvgIpc) is 2.72. The SMILES string of the molecule is CC(C)c1cnc(C23CC4CC(C)(CC(C)(C4)C2)C3)s1. The summed E-state index contributed by atoms with van der Waals surface area (Å²) >= 11 is 2.02. The Hall–Kier alpha value is -0.370. The standard InChI is InChI=1S/C18H27NS/c1-12(2)14-8-19-15(20-14)18-7-13-5-16(3,10-18)9-17(4,6-13)11-18/h8,12-13H,5-7,9-11H2,1-4H3. The topological polar surface area (TPSA) is 12.9 Å². The van der Waals surface area contributed by atoms with Crippen LogP contribution in [0.25, 0.3) is 0 Å². The molecule has 0 N–H and O–H groups in total. The zero-order chi connectivity index (χ0) is 14.2. The summed E-state index contributed by atoms with van der Waals surface area (Å²) < 4.78 is 0. The van der Waals surface area contributed by atoms with E-state index in [0.29, 0.717) is 22.2 Å². The molecule has 0 amide bonds. The second kappa shape index (κ2) is 3.88. The van der Waals surface area contributed by atoms with Crippen LogP contribution in [0.1, 0.15) is 82.0 Å². The lowest BCUT2D eigenvalue weighted by Gasteiger charge is -2.64. The molecular weight excluding hydrogens is 262 g/mol. The molecule has 0 radical (unpaired) electrons. The highest BCUT2D eigenvalue weighted by atomic mass is 32.1. The second-order valence-corrected chi connectivity index (χ2v) is 10.2. The minimum absolute atomic E-state index is 0.431. The van der Waals surface area contributed by atoms with Crippen molar-refractivity contribution in [2.45, 2.75) is 77.6 Å². The molecule has 2 atom stereocenters. The maximum Gasteiger partial charge on any atom is 0.0990 e. The molecule has 0 aliphatic heterocycles. The Morgan fingerprint density at radius 1 is 1.10 bits per heavy atom. The number of thiazole rings is 1. The first-order valence-corrected chi connectivity index (χ1v) is 9.10. The van der Waals surface area contributed by atoms with Gasteiger partial charge >= 0.3 is 0 Å². The maximum atomic E-state index is 4.91. The minimum Gasteiger partial charge on any atom is -0.249 e. The van der Waals surface area contributed by atoms with E-state index < -0.39 is 0 Å². The normalized spacial score (nSPS) is 46.4. The summed E-state index contributed by atoms with van der Waals surface area (Å²) in [6, 6.07) is 0. The van der Waals surface area contributed by atoms with Crippen molar-refractivity contribution in [3.8, 4) is 0 Å². The van der Waals surface area contributed by atoms with Gasteiger partial charge in [0.05, 0.1) is 5.01 Å². The molecule has 4 aliphatic rings. The van der Waals surface area contributed by atoms with Crippen molar-refractivity contribution in [1.82, 2.24) is 4.98 Å². The third-order valence-electron chi connectivity index (χ3n) is 6.17. The molecule has 0 spiro atoms. The minimum atomic E-state index is 0.431. The van der Waals surface area contributed by atoms with E-state index in [4.69, 9.17) is 4.98 Å². The Bertz CT molecular complexity index is 525. The van der Waals surface area contributed by atoms with E-state index in [1.165, 1.54) is 48.4 Å². The highest BCUT2D eigenvalue weighted by molar-refractivity contribution is 7.11. The summed E-state index contributed by atoms with van der Waals surface area (Å²) in [5, 5.41) is 1.47. The zero-order valence-electron chi connectivity index (χ0n) is 13.3. The van der Waals surface area contributed by atoms with Crippen molar-refractivity contribution < 1.29 is 0 Å². The highest BCUT2D eigenvalue weighted by Gasteiger charge is 2.61. The van der Waals surface area contributed by atoms with Gasteiger partial charge in [-0.3, -0.25) is 0 Å². The summed E-state index contributed by atoms with van der Waals surface area (Å²) in [7, 11) is 0. The molecule has 1 aromatic rings. The van der Waals surface area contributed by atoms with Crippen molar-refractivity contribution in [2.24, 2.45) is 16.7 Å². The molecule has 20 heavy (non-hydrogen) atoms. The number of hydrogen-bond acceptors (Lipinski definition) is 2. The maximum absolute atomic E-state index is 4.91. The van der Waals surface area contributed by atoms with E-state index in [0.717, 1.165) is 5.92 Å². The quantitative estimate of drug-likeness (QED) is 0.699. The molecule has 110 valence electrons. The van der Waals surface area contributed by atoms with E-state index in [9.17, 15) is 0 Å². The molecule has 0 aromatic carbocycles. The van der Waals surface area contributed by atoms with Crippen LogP contribution in [0.15, 0.2) is 6.20 Å². The molecule has 1 aromatic heterocycles. The molecule has 4 fully saturated rings.